The topological polar surface area (TPSA) is 67.4 Å². The summed E-state index contributed by atoms with van der Waals surface area (Å²) in [5, 5.41) is 5.75. The molecule has 1 aliphatic carbocycles. The van der Waals surface area contributed by atoms with Gasteiger partial charge in [0.2, 0.25) is 5.91 Å². The first-order valence-electron chi connectivity index (χ1n) is 9.42. The lowest BCUT2D eigenvalue weighted by molar-refractivity contribution is -0.118. The van der Waals surface area contributed by atoms with E-state index in [4.69, 9.17) is 4.74 Å². The normalized spacial score (nSPS) is 13.3. The van der Waals surface area contributed by atoms with Gasteiger partial charge < -0.3 is 15.4 Å². The predicted octanol–water partition coefficient (Wildman–Crippen LogP) is 4.00. The Morgan fingerprint density at radius 1 is 1.04 bits per heavy atom. The molecule has 0 atom stereocenters. The molecule has 0 saturated heterocycles. The van der Waals surface area contributed by atoms with Crippen molar-refractivity contribution >= 4 is 17.5 Å². The van der Waals surface area contributed by atoms with Crippen LogP contribution in [-0.4, -0.2) is 18.4 Å². The summed E-state index contributed by atoms with van der Waals surface area (Å²) in [5.74, 6) is 1.31. The van der Waals surface area contributed by atoms with Crippen molar-refractivity contribution in [2.45, 2.75) is 33.2 Å². The minimum absolute atomic E-state index is 0.0133. The molecule has 0 aliphatic heterocycles. The van der Waals surface area contributed by atoms with Gasteiger partial charge in [-0.15, -0.1) is 0 Å². The van der Waals surface area contributed by atoms with E-state index in [1.807, 2.05) is 50.2 Å². The Kier molecular flexibility index (Phi) is 6.12. The van der Waals surface area contributed by atoms with Gasteiger partial charge in [-0.3, -0.25) is 9.59 Å². The summed E-state index contributed by atoms with van der Waals surface area (Å²) in [6.45, 7) is 4.90. The van der Waals surface area contributed by atoms with Crippen LogP contribution in [0, 0.1) is 11.8 Å². The molecule has 2 aromatic rings. The second-order valence-electron chi connectivity index (χ2n) is 7.30. The fourth-order valence-electron chi connectivity index (χ4n) is 2.48. The van der Waals surface area contributed by atoms with Crippen LogP contribution in [0.25, 0.3) is 0 Å². The van der Waals surface area contributed by atoms with Crippen molar-refractivity contribution in [3.63, 3.8) is 0 Å². The molecule has 2 amide bonds. The molecule has 5 heteroatoms. The molecule has 2 aromatic carbocycles. The summed E-state index contributed by atoms with van der Waals surface area (Å²) in [4.78, 5) is 24.0. The van der Waals surface area contributed by atoms with Crippen molar-refractivity contribution in [3.8, 4) is 5.75 Å². The van der Waals surface area contributed by atoms with Gasteiger partial charge in [0.05, 0.1) is 6.61 Å². The van der Waals surface area contributed by atoms with Crippen LogP contribution in [0.1, 0.15) is 42.6 Å². The Morgan fingerprint density at radius 2 is 1.70 bits per heavy atom. The summed E-state index contributed by atoms with van der Waals surface area (Å²) in [6, 6.07) is 14.7. The van der Waals surface area contributed by atoms with Crippen molar-refractivity contribution in [1.82, 2.24) is 5.32 Å². The van der Waals surface area contributed by atoms with Crippen molar-refractivity contribution < 1.29 is 14.3 Å². The zero-order valence-electron chi connectivity index (χ0n) is 15.8. The third kappa shape index (κ3) is 5.84. The first-order valence-corrected chi connectivity index (χ1v) is 9.42. The Bertz CT molecular complexity index is 778. The monoisotopic (exact) mass is 366 g/mol. The average molecular weight is 366 g/mol. The summed E-state index contributed by atoms with van der Waals surface area (Å²) in [5.41, 5.74) is 2.33. The third-order valence-corrected chi connectivity index (χ3v) is 4.50. The molecule has 0 bridgehead atoms. The van der Waals surface area contributed by atoms with Gasteiger partial charge in [0.25, 0.3) is 5.91 Å². The molecule has 0 heterocycles. The van der Waals surface area contributed by atoms with Crippen molar-refractivity contribution in [1.29, 1.82) is 0 Å². The van der Waals surface area contributed by atoms with E-state index in [0.717, 1.165) is 23.6 Å². The molecule has 1 aliphatic rings. The van der Waals surface area contributed by atoms with Crippen LogP contribution in [0.2, 0.25) is 0 Å². The number of rotatable bonds is 8. The van der Waals surface area contributed by atoms with Gasteiger partial charge in [-0.1, -0.05) is 26.0 Å². The van der Waals surface area contributed by atoms with Crippen LogP contribution in [-0.2, 0) is 11.3 Å². The zero-order chi connectivity index (χ0) is 19.2. The molecule has 142 valence electrons. The van der Waals surface area contributed by atoms with Crippen LogP contribution in [0.4, 0.5) is 5.69 Å². The number of hydrogen-bond donors (Lipinski definition) is 2. The van der Waals surface area contributed by atoms with Gasteiger partial charge >= 0.3 is 0 Å². The smallest absolute Gasteiger partial charge is 0.251 e. The quantitative estimate of drug-likeness (QED) is 0.742. The highest BCUT2D eigenvalue weighted by Crippen LogP contribution is 2.29. The summed E-state index contributed by atoms with van der Waals surface area (Å²) in [6.07, 6.45) is 2.51. The number of carbonyl (C=O) groups excluding carboxylic acids is 2. The highest BCUT2D eigenvalue weighted by molar-refractivity contribution is 5.94. The fourth-order valence-corrected chi connectivity index (χ4v) is 2.48. The summed E-state index contributed by atoms with van der Waals surface area (Å²) >= 11 is 0. The van der Waals surface area contributed by atoms with Crippen molar-refractivity contribution in [2.24, 2.45) is 11.8 Å². The molecule has 0 radical (unpaired) electrons. The van der Waals surface area contributed by atoms with Crippen LogP contribution in [0.15, 0.2) is 48.5 Å². The van der Waals surface area contributed by atoms with E-state index in [1.165, 1.54) is 12.8 Å². The molecule has 0 unspecified atom stereocenters. The first-order chi connectivity index (χ1) is 13.0. The van der Waals surface area contributed by atoms with E-state index >= 15 is 0 Å². The van der Waals surface area contributed by atoms with Crippen LogP contribution < -0.4 is 15.4 Å². The predicted molar refractivity (Wildman–Crippen MR) is 106 cm³/mol. The Labute approximate surface area is 160 Å². The van der Waals surface area contributed by atoms with Crippen molar-refractivity contribution in [3.05, 3.63) is 59.7 Å². The number of carbonyl (C=O) groups is 2. The maximum atomic E-state index is 12.3. The van der Waals surface area contributed by atoms with E-state index in [-0.39, 0.29) is 17.7 Å². The summed E-state index contributed by atoms with van der Waals surface area (Å²) < 4.78 is 5.69. The van der Waals surface area contributed by atoms with Gasteiger partial charge in [-0.05, 0) is 60.7 Å². The number of nitrogens with one attached hydrogen (secondary N) is 2. The van der Waals surface area contributed by atoms with Crippen LogP contribution in [0.3, 0.4) is 0 Å². The minimum Gasteiger partial charge on any atom is -0.493 e. The lowest BCUT2D eigenvalue weighted by Gasteiger charge is -2.10. The number of benzene rings is 2. The lowest BCUT2D eigenvalue weighted by atomic mass is 10.1. The molecule has 27 heavy (non-hydrogen) atoms. The van der Waals surface area contributed by atoms with E-state index in [0.29, 0.717) is 18.0 Å². The number of amides is 2. The van der Waals surface area contributed by atoms with Gasteiger partial charge in [-0.25, -0.2) is 0 Å². The van der Waals surface area contributed by atoms with Crippen LogP contribution >= 0.6 is 0 Å². The van der Waals surface area contributed by atoms with Gasteiger partial charge in [0.15, 0.2) is 0 Å². The van der Waals surface area contributed by atoms with Gasteiger partial charge in [-0.2, -0.15) is 0 Å². The minimum atomic E-state index is -0.124. The SMILES string of the molecule is CC(C)C(=O)Nc1ccc(CNC(=O)c2ccc(OCC3CC3)cc2)cc1. The van der Waals surface area contributed by atoms with Gasteiger partial charge in [0, 0.05) is 23.7 Å². The molecule has 0 spiro atoms. The molecule has 2 N–H and O–H groups in total. The Balaban J connectivity index is 1.47. The number of ether oxygens (including phenoxy) is 1. The molecular formula is C22H26N2O3. The maximum absolute atomic E-state index is 12.3. The Morgan fingerprint density at radius 3 is 2.30 bits per heavy atom. The van der Waals surface area contributed by atoms with Crippen molar-refractivity contribution in [2.75, 3.05) is 11.9 Å². The first kappa shape index (κ1) is 19.0. The zero-order valence-corrected chi connectivity index (χ0v) is 15.8. The standard InChI is InChI=1S/C22H26N2O3/c1-15(2)21(25)24-19-9-5-16(6-10-19)13-23-22(26)18-7-11-20(12-8-18)27-14-17-3-4-17/h5-12,15,17H,3-4,13-14H2,1-2H3,(H,23,26)(H,24,25). The maximum Gasteiger partial charge on any atom is 0.251 e. The highest BCUT2D eigenvalue weighted by atomic mass is 16.5. The molecule has 0 aromatic heterocycles. The lowest BCUT2D eigenvalue weighted by Crippen LogP contribution is -2.22. The third-order valence-electron chi connectivity index (χ3n) is 4.50. The number of anilines is 1. The van der Waals surface area contributed by atoms with Gasteiger partial charge in [0.1, 0.15) is 5.75 Å². The summed E-state index contributed by atoms with van der Waals surface area (Å²) in [7, 11) is 0. The molecule has 1 fully saturated rings. The molecular weight excluding hydrogens is 340 g/mol. The largest absolute Gasteiger partial charge is 0.493 e. The second-order valence-corrected chi connectivity index (χ2v) is 7.30. The molecule has 1 saturated carbocycles. The van der Waals surface area contributed by atoms with Crippen LogP contribution in [0.5, 0.6) is 5.75 Å². The molecule has 5 nitrogen and oxygen atoms in total. The van der Waals surface area contributed by atoms with E-state index in [9.17, 15) is 9.59 Å². The molecule has 3 rings (SSSR count). The van der Waals surface area contributed by atoms with E-state index in [2.05, 4.69) is 10.6 Å². The van der Waals surface area contributed by atoms with E-state index in [1.54, 1.807) is 12.1 Å². The van der Waals surface area contributed by atoms with E-state index < -0.39 is 0 Å². The fraction of sp³-hybridized carbons (Fsp3) is 0.364. The second kappa shape index (κ2) is 8.71. The number of hydrogen-bond acceptors (Lipinski definition) is 3. The highest BCUT2D eigenvalue weighted by Gasteiger charge is 2.21. The Hall–Kier alpha value is -2.82. The average Bonchev–Trinajstić information content (AvgIpc) is 3.50.